The molecule has 0 radical (unpaired) electrons. The van der Waals surface area contributed by atoms with Gasteiger partial charge >= 0.3 is 5.97 Å². The number of fused-ring (bicyclic) bond motifs is 3. The molecule has 14 heteroatoms. The van der Waals surface area contributed by atoms with E-state index < -0.39 is 73.9 Å². The van der Waals surface area contributed by atoms with Crippen molar-refractivity contribution in [3.05, 3.63) is 48.8 Å². The average molecular weight is 694 g/mol. The van der Waals surface area contributed by atoms with Gasteiger partial charge in [0.05, 0.1) is 41.6 Å². The summed E-state index contributed by atoms with van der Waals surface area (Å²) in [6.45, 7) is 9.51. The lowest BCUT2D eigenvalue weighted by molar-refractivity contribution is -0.153. The number of ether oxygens (including phenoxy) is 2. The number of benzene rings is 1. The number of hydrogen-bond donors (Lipinski definition) is 2. The number of nitrogens with one attached hydrogen (secondary N) is 2. The Morgan fingerprint density at radius 3 is 2.63 bits per heavy atom. The molecule has 0 unspecified atom stereocenters. The van der Waals surface area contributed by atoms with Gasteiger partial charge in [0.25, 0.3) is 5.91 Å². The number of cyclic esters (lactones) is 1. The Kier molecular flexibility index (Phi) is 9.29. The summed E-state index contributed by atoms with van der Waals surface area (Å²) in [5.41, 5.74) is -0.649. The molecule has 1 saturated heterocycles. The first-order chi connectivity index (χ1) is 23.2. The number of hydrogen-bond acceptors (Lipinski definition) is 10. The number of allylic oxidation sites excluding steroid dienone is 1. The van der Waals surface area contributed by atoms with Crippen LogP contribution in [0.25, 0.3) is 17.0 Å². The van der Waals surface area contributed by atoms with E-state index in [1.54, 1.807) is 0 Å². The van der Waals surface area contributed by atoms with Gasteiger partial charge in [-0.15, -0.1) is 6.58 Å². The molecule has 2 N–H and O–H groups in total. The fraction of sp³-hybridized carbons (Fsp3) is 0.543. The van der Waals surface area contributed by atoms with Gasteiger partial charge in [-0.1, -0.05) is 45.1 Å². The van der Waals surface area contributed by atoms with Crippen LogP contribution in [-0.4, -0.2) is 83.1 Å². The van der Waals surface area contributed by atoms with E-state index in [0.29, 0.717) is 42.5 Å². The maximum atomic E-state index is 14.4. The first-order valence-corrected chi connectivity index (χ1v) is 18.3. The summed E-state index contributed by atoms with van der Waals surface area (Å²) in [5, 5.41) is 2.83. The van der Waals surface area contributed by atoms with Crippen molar-refractivity contribution in [3.63, 3.8) is 0 Å². The van der Waals surface area contributed by atoms with E-state index in [9.17, 15) is 27.6 Å². The molecule has 0 spiro atoms. The highest BCUT2D eigenvalue weighted by Crippen LogP contribution is 2.46. The van der Waals surface area contributed by atoms with E-state index in [1.165, 1.54) is 17.3 Å². The van der Waals surface area contributed by atoms with Crippen LogP contribution in [0, 0.1) is 17.3 Å². The quantitative estimate of drug-likeness (QED) is 0.338. The summed E-state index contributed by atoms with van der Waals surface area (Å²) in [6, 6.07) is 4.59. The Bertz CT molecular complexity index is 1820. The molecule has 262 valence electrons. The normalized spacial score (nSPS) is 28.5. The van der Waals surface area contributed by atoms with Gasteiger partial charge in [-0.05, 0) is 55.2 Å². The Hall–Kier alpha value is -4.33. The summed E-state index contributed by atoms with van der Waals surface area (Å²) in [6.07, 6.45) is 8.41. The predicted octanol–water partition coefficient (Wildman–Crippen LogP) is 3.05. The standard InChI is InChI=1S/C35H43N5O8S/c1-5-22-18-35(22,33(44)39-49(45,46)24-11-12-24)38-30(42)28-16-23-19-40(28)32(43)26(34(2,3)4)17-29(41)47-14-8-6-7-9-21-10-13-27-25(15-21)31(48-23)37-20-36-27/h5,7,9-10,13,15,20,22-24,26,28H,1,6,8,11-12,14,16-19H2,2-4H3,(H,38,42)(H,39,44)/b9-7+/t22-,23+,26+,28-,35+/m0/s1. The van der Waals surface area contributed by atoms with Gasteiger partial charge in [0, 0.05) is 12.3 Å². The largest absolute Gasteiger partial charge is 0.472 e. The Morgan fingerprint density at radius 2 is 1.94 bits per heavy atom. The Morgan fingerprint density at radius 1 is 1.16 bits per heavy atom. The molecule has 4 aliphatic rings. The van der Waals surface area contributed by atoms with E-state index >= 15 is 0 Å². The molecule has 3 fully saturated rings. The molecule has 4 bridgehead atoms. The lowest BCUT2D eigenvalue weighted by atomic mass is 9.77. The number of esters is 1. The molecule has 5 atom stereocenters. The molecule has 2 aliphatic carbocycles. The second-order valence-electron chi connectivity index (χ2n) is 14.5. The molecule has 49 heavy (non-hydrogen) atoms. The Labute approximate surface area is 285 Å². The van der Waals surface area contributed by atoms with Crippen molar-refractivity contribution in [2.45, 2.75) is 88.7 Å². The smallest absolute Gasteiger partial charge is 0.306 e. The monoisotopic (exact) mass is 693 g/mol. The molecule has 2 saturated carbocycles. The molecule has 13 nitrogen and oxygen atoms in total. The van der Waals surface area contributed by atoms with Crippen LogP contribution in [0.4, 0.5) is 0 Å². The summed E-state index contributed by atoms with van der Waals surface area (Å²) >= 11 is 0. The van der Waals surface area contributed by atoms with E-state index in [-0.39, 0.29) is 32.4 Å². The van der Waals surface area contributed by atoms with Crippen LogP contribution < -0.4 is 14.8 Å². The van der Waals surface area contributed by atoms with Crippen LogP contribution >= 0.6 is 0 Å². The van der Waals surface area contributed by atoms with Gasteiger partial charge in [-0.25, -0.2) is 18.4 Å². The van der Waals surface area contributed by atoms with Crippen molar-refractivity contribution in [1.82, 2.24) is 24.9 Å². The molecule has 1 aromatic carbocycles. The molecule has 1 aromatic heterocycles. The van der Waals surface area contributed by atoms with Gasteiger partial charge < -0.3 is 19.7 Å². The molecule has 6 rings (SSSR count). The van der Waals surface area contributed by atoms with Crippen molar-refractivity contribution in [2.75, 3.05) is 13.2 Å². The van der Waals surface area contributed by atoms with Crippen LogP contribution in [0.2, 0.25) is 0 Å². The number of aromatic nitrogens is 2. The molecular weight excluding hydrogens is 650 g/mol. The van der Waals surface area contributed by atoms with Crippen molar-refractivity contribution in [1.29, 1.82) is 0 Å². The third-order valence-electron chi connectivity index (χ3n) is 9.80. The van der Waals surface area contributed by atoms with Crippen LogP contribution in [0.3, 0.4) is 0 Å². The highest BCUT2D eigenvalue weighted by atomic mass is 32.2. The second-order valence-corrected chi connectivity index (χ2v) is 16.5. The zero-order valence-corrected chi connectivity index (χ0v) is 28.8. The van der Waals surface area contributed by atoms with E-state index in [0.717, 1.165) is 5.56 Å². The minimum atomic E-state index is -3.88. The summed E-state index contributed by atoms with van der Waals surface area (Å²) in [4.78, 5) is 65.2. The third kappa shape index (κ3) is 7.34. The van der Waals surface area contributed by atoms with Crippen molar-refractivity contribution < 1.29 is 37.1 Å². The summed E-state index contributed by atoms with van der Waals surface area (Å²) in [5.74, 6) is -3.44. The highest BCUT2D eigenvalue weighted by Gasteiger charge is 2.62. The van der Waals surface area contributed by atoms with Crippen LogP contribution in [0.1, 0.15) is 71.3 Å². The minimum Gasteiger partial charge on any atom is -0.472 e. The average Bonchev–Trinajstić information content (AvgIpc) is 3.97. The summed E-state index contributed by atoms with van der Waals surface area (Å²) < 4.78 is 39.4. The van der Waals surface area contributed by atoms with Gasteiger partial charge in [-0.3, -0.25) is 23.9 Å². The number of amides is 3. The van der Waals surface area contributed by atoms with Gasteiger partial charge in [-0.2, -0.15) is 0 Å². The van der Waals surface area contributed by atoms with Crippen molar-refractivity contribution >= 4 is 50.7 Å². The zero-order chi connectivity index (χ0) is 35.1. The van der Waals surface area contributed by atoms with Crippen molar-refractivity contribution in [3.8, 4) is 5.88 Å². The zero-order valence-electron chi connectivity index (χ0n) is 28.0. The molecular formula is C35H43N5O8S. The predicted molar refractivity (Wildman–Crippen MR) is 180 cm³/mol. The van der Waals surface area contributed by atoms with E-state index in [2.05, 4.69) is 26.6 Å². The van der Waals surface area contributed by atoms with Gasteiger partial charge in [0.15, 0.2) is 0 Å². The molecule has 2 aliphatic heterocycles. The third-order valence-corrected chi connectivity index (χ3v) is 11.6. The topological polar surface area (TPSA) is 174 Å². The fourth-order valence-corrected chi connectivity index (χ4v) is 7.96. The SMILES string of the molecule is C=C[C@H]1C[C@]1(NC(=O)[C@@H]1C[C@@H]2CN1C(=O)[C@H](C(C)(C)C)CC(=O)OCCC/C=C/c1ccc3ncnc(c3c1)O2)C(=O)NS(=O)(=O)C1CC1. The number of carbonyl (C=O) groups is 4. The van der Waals surface area contributed by atoms with E-state index in [1.807, 2.05) is 51.1 Å². The van der Waals surface area contributed by atoms with Crippen molar-refractivity contribution in [2.24, 2.45) is 17.3 Å². The van der Waals surface area contributed by atoms with E-state index in [4.69, 9.17) is 9.47 Å². The molecule has 3 amide bonds. The fourth-order valence-electron chi connectivity index (χ4n) is 6.60. The highest BCUT2D eigenvalue weighted by molar-refractivity contribution is 7.91. The van der Waals surface area contributed by atoms with Gasteiger partial charge in [0.1, 0.15) is 24.0 Å². The number of carbonyl (C=O) groups excluding carboxylic acids is 4. The lowest BCUT2D eigenvalue weighted by Crippen LogP contribution is -2.57. The maximum Gasteiger partial charge on any atom is 0.306 e. The molecule has 3 heterocycles. The molecule has 2 aromatic rings. The summed E-state index contributed by atoms with van der Waals surface area (Å²) in [7, 11) is -3.88. The maximum absolute atomic E-state index is 14.4. The minimum absolute atomic E-state index is 0.00375. The van der Waals surface area contributed by atoms with Crippen LogP contribution in [-0.2, 0) is 33.9 Å². The number of rotatable bonds is 6. The van der Waals surface area contributed by atoms with Crippen LogP contribution in [0.5, 0.6) is 5.88 Å². The first kappa shape index (κ1) is 34.5. The number of nitrogens with zero attached hydrogens (tertiary/aromatic N) is 3. The van der Waals surface area contributed by atoms with Crippen LogP contribution in [0.15, 0.2) is 43.3 Å². The lowest BCUT2D eigenvalue weighted by Gasteiger charge is -2.35. The van der Waals surface area contributed by atoms with Gasteiger partial charge in [0.2, 0.25) is 27.7 Å². The number of sulfonamides is 1. The second kappa shape index (κ2) is 13.2. The first-order valence-electron chi connectivity index (χ1n) is 16.8. The Balaban J connectivity index is 1.33.